The molecule has 0 bridgehead atoms. The Hall–Kier alpha value is -0.160. The Kier molecular flexibility index (Phi) is 5.85. The van der Waals surface area contributed by atoms with Crippen LogP contribution in [0.1, 0.15) is 54.4 Å². The second kappa shape index (κ2) is 7.46. The van der Waals surface area contributed by atoms with Crippen LogP contribution in [0.15, 0.2) is 0 Å². The highest BCUT2D eigenvalue weighted by Gasteiger charge is 2.36. The van der Waals surface area contributed by atoms with Crippen LogP contribution in [0.3, 0.4) is 0 Å². The highest BCUT2D eigenvalue weighted by Crippen LogP contribution is 2.27. The Labute approximate surface area is 156 Å². The Bertz CT molecular complexity index is 414. The summed E-state index contributed by atoms with van der Waals surface area (Å²) in [5.41, 5.74) is 0.692. The van der Waals surface area contributed by atoms with E-state index in [0.29, 0.717) is 11.1 Å². The minimum atomic E-state index is 0.333. The summed E-state index contributed by atoms with van der Waals surface area (Å²) in [4.78, 5) is 10.8. The number of rotatable bonds is 3. The van der Waals surface area contributed by atoms with E-state index < -0.39 is 0 Å². The molecule has 3 aliphatic rings. The average Bonchev–Trinajstić information content (AvgIpc) is 2.49. The highest BCUT2D eigenvalue weighted by molar-refractivity contribution is 4.92. The number of hydrogen-bond acceptors (Lipinski definition) is 4. The van der Waals surface area contributed by atoms with Crippen LogP contribution < -0.4 is 0 Å². The summed E-state index contributed by atoms with van der Waals surface area (Å²) in [6.45, 7) is 25.7. The maximum Gasteiger partial charge on any atom is 0.0126 e. The van der Waals surface area contributed by atoms with Crippen LogP contribution in [0.2, 0.25) is 0 Å². The molecule has 3 fully saturated rings. The highest BCUT2D eigenvalue weighted by atomic mass is 15.3. The number of nitrogens with zero attached hydrogens (tertiary/aromatic N) is 4. The molecule has 3 rings (SSSR count). The molecule has 0 aromatic rings. The topological polar surface area (TPSA) is 13.0 Å². The standard InChI is InChI=1S/C21H42N4/c1-20(2,3)24-13-11-23(12-14-24)19-7-9-22(10-8-19)15-18-16-25(17-18)21(4,5)6/h18-19H,7-17H2,1-6H3. The maximum absolute atomic E-state index is 2.78. The van der Waals surface area contributed by atoms with Gasteiger partial charge in [0, 0.05) is 62.9 Å². The van der Waals surface area contributed by atoms with E-state index in [4.69, 9.17) is 0 Å². The molecule has 0 unspecified atom stereocenters. The van der Waals surface area contributed by atoms with E-state index in [2.05, 4.69) is 61.1 Å². The fourth-order valence-corrected chi connectivity index (χ4v) is 4.82. The molecule has 4 nitrogen and oxygen atoms in total. The van der Waals surface area contributed by atoms with E-state index in [1.54, 1.807) is 0 Å². The second-order valence-electron chi connectivity index (χ2n) is 10.7. The lowest BCUT2D eigenvalue weighted by molar-refractivity contribution is -0.0136. The molecule has 0 amide bonds. The van der Waals surface area contributed by atoms with Crippen molar-refractivity contribution in [3.05, 3.63) is 0 Å². The average molecular weight is 351 g/mol. The Balaban J connectivity index is 1.35. The van der Waals surface area contributed by atoms with Gasteiger partial charge in [-0.2, -0.15) is 0 Å². The van der Waals surface area contributed by atoms with E-state index in [9.17, 15) is 0 Å². The molecule has 0 N–H and O–H groups in total. The molecule has 0 aromatic heterocycles. The maximum atomic E-state index is 2.78. The Morgan fingerprint density at radius 2 is 1.20 bits per heavy atom. The molecule has 0 radical (unpaired) electrons. The van der Waals surface area contributed by atoms with Gasteiger partial charge in [0.05, 0.1) is 0 Å². The van der Waals surface area contributed by atoms with Crippen molar-refractivity contribution in [2.45, 2.75) is 71.5 Å². The zero-order chi connectivity index (χ0) is 18.2. The largest absolute Gasteiger partial charge is 0.303 e. The van der Waals surface area contributed by atoms with Crippen LogP contribution in [-0.4, -0.2) is 95.6 Å². The van der Waals surface area contributed by atoms with Crippen LogP contribution in [0.4, 0.5) is 0 Å². The fourth-order valence-electron chi connectivity index (χ4n) is 4.82. The third-order valence-corrected chi connectivity index (χ3v) is 6.76. The SMILES string of the molecule is CC(C)(C)N1CCN(C2CCN(CC3CN(C(C)(C)C)C3)CC2)CC1. The van der Waals surface area contributed by atoms with Gasteiger partial charge in [0.25, 0.3) is 0 Å². The summed E-state index contributed by atoms with van der Waals surface area (Å²) in [6, 6.07) is 0.839. The fraction of sp³-hybridized carbons (Fsp3) is 1.00. The van der Waals surface area contributed by atoms with Crippen LogP contribution in [0.5, 0.6) is 0 Å². The first-order chi connectivity index (χ1) is 11.6. The minimum Gasteiger partial charge on any atom is -0.303 e. The Morgan fingerprint density at radius 1 is 0.680 bits per heavy atom. The molecule has 0 aromatic carbocycles. The monoisotopic (exact) mass is 350 g/mol. The van der Waals surface area contributed by atoms with E-state index in [1.165, 1.54) is 71.7 Å². The van der Waals surface area contributed by atoms with Gasteiger partial charge in [-0.15, -0.1) is 0 Å². The van der Waals surface area contributed by atoms with Crippen LogP contribution in [0.25, 0.3) is 0 Å². The smallest absolute Gasteiger partial charge is 0.0126 e. The van der Waals surface area contributed by atoms with Crippen molar-refractivity contribution in [3.63, 3.8) is 0 Å². The molecule has 3 aliphatic heterocycles. The number of piperidine rings is 1. The molecular weight excluding hydrogens is 308 g/mol. The predicted molar refractivity (Wildman–Crippen MR) is 107 cm³/mol. The van der Waals surface area contributed by atoms with Crippen molar-refractivity contribution in [1.29, 1.82) is 0 Å². The van der Waals surface area contributed by atoms with Gasteiger partial charge in [0.15, 0.2) is 0 Å². The normalized spacial score (nSPS) is 27.6. The lowest BCUT2D eigenvalue weighted by atomic mass is 9.91. The van der Waals surface area contributed by atoms with Crippen LogP contribution in [-0.2, 0) is 0 Å². The number of piperazine rings is 1. The minimum absolute atomic E-state index is 0.333. The zero-order valence-electron chi connectivity index (χ0n) is 17.7. The van der Waals surface area contributed by atoms with Crippen molar-refractivity contribution >= 4 is 0 Å². The van der Waals surface area contributed by atoms with Gasteiger partial charge in [-0.3, -0.25) is 14.7 Å². The van der Waals surface area contributed by atoms with Crippen molar-refractivity contribution in [3.8, 4) is 0 Å². The molecule has 146 valence electrons. The third-order valence-electron chi connectivity index (χ3n) is 6.76. The summed E-state index contributed by atoms with van der Waals surface area (Å²) < 4.78 is 0. The van der Waals surface area contributed by atoms with Crippen molar-refractivity contribution in [1.82, 2.24) is 19.6 Å². The molecule has 3 heterocycles. The van der Waals surface area contributed by atoms with Crippen molar-refractivity contribution < 1.29 is 0 Å². The molecular formula is C21H42N4. The van der Waals surface area contributed by atoms with Crippen molar-refractivity contribution in [2.75, 3.05) is 58.9 Å². The van der Waals surface area contributed by atoms with Gasteiger partial charge in [-0.25, -0.2) is 0 Å². The quantitative estimate of drug-likeness (QED) is 0.775. The first kappa shape index (κ1) is 19.6. The summed E-state index contributed by atoms with van der Waals surface area (Å²) in [7, 11) is 0. The van der Waals surface area contributed by atoms with E-state index in [-0.39, 0.29) is 0 Å². The first-order valence-corrected chi connectivity index (χ1v) is 10.6. The summed E-state index contributed by atoms with van der Waals surface area (Å²) in [5.74, 6) is 0.908. The lowest BCUT2D eigenvalue weighted by Crippen LogP contribution is -2.60. The van der Waals surface area contributed by atoms with E-state index >= 15 is 0 Å². The van der Waals surface area contributed by atoms with E-state index in [0.717, 1.165) is 12.0 Å². The summed E-state index contributed by atoms with van der Waals surface area (Å²) in [5, 5.41) is 0. The number of likely N-dealkylation sites (tertiary alicyclic amines) is 2. The Morgan fingerprint density at radius 3 is 1.68 bits per heavy atom. The van der Waals surface area contributed by atoms with Gasteiger partial charge in [0.2, 0.25) is 0 Å². The van der Waals surface area contributed by atoms with Crippen LogP contribution in [0, 0.1) is 5.92 Å². The molecule has 4 heteroatoms. The van der Waals surface area contributed by atoms with E-state index in [1.807, 2.05) is 0 Å². The predicted octanol–water partition coefficient (Wildman–Crippen LogP) is 2.60. The van der Waals surface area contributed by atoms with Gasteiger partial charge < -0.3 is 4.90 Å². The van der Waals surface area contributed by atoms with Crippen molar-refractivity contribution in [2.24, 2.45) is 5.92 Å². The van der Waals surface area contributed by atoms with Gasteiger partial charge >= 0.3 is 0 Å². The third kappa shape index (κ3) is 4.97. The molecule has 0 saturated carbocycles. The van der Waals surface area contributed by atoms with Gasteiger partial charge in [-0.1, -0.05) is 0 Å². The molecule has 0 spiro atoms. The molecule has 0 aliphatic carbocycles. The summed E-state index contributed by atoms with van der Waals surface area (Å²) >= 11 is 0. The molecule has 3 saturated heterocycles. The van der Waals surface area contributed by atoms with Gasteiger partial charge in [-0.05, 0) is 73.4 Å². The zero-order valence-corrected chi connectivity index (χ0v) is 17.7. The second-order valence-corrected chi connectivity index (χ2v) is 10.7. The van der Waals surface area contributed by atoms with Gasteiger partial charge in [0.1, 0.15) is 0 Å². The number of hydrogen-bond donors (Lipinski definition) is 0. The van der Waals surface area contributed by atoms with Crippen LogP contribution >= 0.6 is 0 Å². The summed E-state index contributed by atoms with van der Waals surface area (Å²) in [6.07, 6.45) is 2.76. The molecule has 0 atom stereocenters. The molecule has 25 heavy (non-hydrogen) atoms. The lowest BCUT2D eigenvalue weighted by Gasteiger charge is -2.50. The first-order valence-electron chi connectivity index (χ1n) is 10.6.